The lowest BCUT2D eigenvalue weighted by Crippen LogP contribution is -2.17. The number of thioether (sulfide) groups is 2. The van der Waals surface area contributed by atoms with Crippen LogP contribution in [0.25, 0.3) is 0 Å². The van der Waals surface area contributed by atoms with Crippen LogP contribution in [-0.4, -0.2) is 58.6 Å². The molecule has 0 aliphatic rings. The molecule has 0 rings (SSSR count). The van der Waals surface area contributed by atoms with Gasteiger partial charge in [0.25, 0.3) is 0 Å². The molecular formula is C12H18O6S4. The standard InChI is InChI=1S/C12H18O6S4/c1-3-15-11(19)21-7-9(13)17-5-6-18-10(14)8-22-12(20)16-4-2/h3-8H2,1-2H3. The molecule has 126 valence electrons. The maximum Gasteiger partial charge on any atom is 0.316 e. The molecule has 0 spiro atoms. The quantitative estimate of drug-likeness (QED) is 0.334. The van der Waals surface area contributed by atoms with E-state index in [1.54, 1.807) is 13.8 Å². The summed E-state index contributed by atoms with van der Waals surface area (Å²) >= 11 is 11.9. The summed E-state index contributed by atoms with van der Waals surface area (Å²) in [5.41, 5.74) is 0. The van der Waals surface area contributed by atoms with Gasteiger partial charge in [-0.05, 0) is 38.3 Å². The molecule has 0 aliphatic heterocycles. The third-order valence-corrected chi connectivity index (χ3v) is 4.16. The fourth-order valence-electron chi connectivity index (χ4n) is 0.949. The second-order valence-electron chi connectivity index (χ2n) is 3.38. The van der Waals surface area contributed by atoms with Crippen LogP contribution < -0.4 is 0 Å². The Balaban J connectivity index is 3.58. The molecule has 0 aromatic heterocycles. The van der Waals surface area contributed by atoms with Crippen molar-refractivity contribution in [3.8, 4) is 0 Å². The zero-order valence-corrected chi connectivity index (χ0v) is 15.6. The van der Waals surface area contributed by atoms with Gasteiger partial charge in [0.2, 0.25) is 8.77 Å². The van der Waals surface area contributed by atoms with Crippen molar-refractivity contribution in [1.29, 1.82) is 0 Å². The van der Waals surface area contributed by atoms with E-state index < -0.39 is 11.9 Å². The summed E-state index contributed by atoms with van der Waals surface area (Å²) in [5, 5.41) is 0. The van der Waals surface area contributed by atoms with E-state index in [1.165, 1.54) is 0 Å². The zero-order chi connectivity index (χ0) is 16.8. The molecule has 10 heteroatoms. The Labute approximate surface area is 148 Å². The van der Waals surface area contributed by atoms with Gasteiger partial charge in [0.05, 0.1) is 24.7 Å². The summed E-state index contributed by atoms with van der Waals surface area (Å²) in [6.45, 7) is 4.52. The first kappa shape index (κ1) is 21.4. The van der Waals surface area contributed by atoms with Crippen molar-refractivity contribution in [2.75, 3.05) is 37.9 Å². The second kappa shape index (κ2) is 14.0. The van der Waals surface area contributed by atoms with Crippen LogP contribution in [0.2, 0.25) is 0 Å². The van der Waals surface area contributed by atoms with Crippen molar-refractivity contribution in [2.24, 2.45) is 0 Å². The number of ether oxygens (including phenoxy) is 4. The molecule has 22 heavy (non-hydrogen) atoms. The van der Waals surface area contributed by atoms with Gasteiger partial charge in [0.1, 0.15) is 13.2 Å². The SMILES string of the molecule is CCOC(=S)SCC(=O)OCCOC(=O)CSC(=S)OCC. The first-order valence-electron chi connectivity index (χ1n) is 6.39. The third-order valence-electron chi connectivity index (χ3n) is 1.75. The summed E-state index contributed by atoms with van der Waals surface area (Å²) < 4.78 is 20.4. The topological polar surface area (TPSA) is 71.1 Å². The fourth-order valence-corrected chi connectivity index (χ4v) is 2.58. The van der Waals surface area contributed by atoms with E-state index >= 15 is 0 Å². The van der Waals surface area contributed by atoms with Crippen LogP contribution >= 0.6 is 48.0 Å². The van der Waals surface area contributed by atoms with E-state index in [1.807, 2.05) is 0 Å². The lowest BCUT2D eigenvalue weighted by molar-refractivity contribution is -0.148. The molecular weight excluding hydrogens is 368 g/mol. The van der Waals surface area contributed by atoms with Gasteiger partial charge in [-0.25, -0.2) is 0 Å². The molecule has 0 unspecified atom stereocenters. The Morgan fingerprint density at radius 1 is 0.773 bits per heavy atom. The van der Waals surface area contributed by atoms with E-state index in [2.05, 4.69) is 0 Å². The maximum atomic E-state index is 11.3. The van der Waals surface area contributed by atoms with Gasteiger partial charge >= 0.3 is 11.9 Å². The van der Waals surface area contributed by atoms with Crippen molar-refractivity contribution >= 4 is 68.7 Å². The van der Waals surface area contributed by atoms with Gasteiger partial charge in [-0.3, -0.25) is 9.59 Å². The molecule has 0 radical (unpaired) electrons. The number of carbonyl (C=O) groups excluding carboxylic acids is 2. The average molecular weight is 387 g/mol. The van der Waals surface area contributed by atoms with E-state index in [4.69, 9.17) is 43.4 Å². The fraction of sp³-hybridized carbons (Fsp3) is 0.667. The van der Waals surface area contributed by atoms with Gasteiger partial charge < -0.3 is 18.9 Å². The second-order valence-corrected chi connectivity index (χ2v) is 6.54. The number of esters is 2. The molecule has 0 saturated carbocycles. The predicted octanol–water partition coefficient (Wildman–Crippen LogP) is 2.18. The molecule has 6 nitrogen and oxygen atoms in total. The van der Waals surface area contributed by atoms with Crippen molar-refractivity contribution in [2.45, 2.75) is 13.8 Å². The van der Waals surface area contributed by atoms with Crippen molar-refractivity contribution in [3.05, 3.63) is 0 Å². The Bertz CT molecular complexity index is 352. The van der Waals surface area contributed by atoms with Gasteiger partial charge in [0.15, 0.2) is 0 Å². The highest BCUT2D eigenvalue weighted by atomic mass is 32.2. The van der Waals surface area contributed by atoms with Crippen LogP contribution in [0.4, 0.5) is 0 Å². The lowest BCUT2D eigenvalue weighted by atomic mass is 10.7. The number of hydrogen-bond donors (Lipinski definition) is 0. The first-order valence-corrected chi connectivity index (χ1v) is 9.18. The molecule has 0 aromatic carbocycles. The van der Waals surface area contributed by atoms with E-state index in [0.717, 1.165) is 23.5 Å². The van der Waals surface area contributed by atoms with Crippen LogP contribution in [0.15, 0.2) is 0 Å². The van der Waals surface area contributed by atoms with Crippen molar-refractivity contribution in [1.82, 2.24) is 0 Å². The van der Waals surface area contributed by atoms with Gasteiger partial charge in [-0.15, -0.1) is 0 Å². The van der Waals surface area contributed by atoms with Gasteiger partial charge in [0, 0.05) is 0 Å². The lowest BCUT2D eigenvalue weighted by Gasteiger charge is -2.07. The van der Waals surface area contributed by atoms with Crippen LogP contribution in [0, 0.1) is 0 Å². The number of carbonyl (C=O) groups is 2. The molecule has 0 fully saturated rings. The van der Waals surface area contributed by atoms with Crippen LogP contribution in [0.3, 0.4) is 0 Å². The highest BCUT2D eigenvalue weighted by Gasteiger charge is 2.09. The molecule has 0 bridgehead atoms. The average Bonchev–Trinajstić information content (AvgIpc) is 2.48. The Hall–Kier alpha value is -0.580. The number of rotatable bonds is 9. The van der Waals surface area contributed by atoms with Crippen LogP contribution in [0.5, 0.6) is 0 Å². The summed E-state index contributed by atoms with van der Waals surface area (Å²) in [4.78, 5) is 22.7. The Morgan fingerprint density at radius 2 is 1.14 bits per heavy atom. The molecule has 0 heterocycles. The maximum absolute atomic E-state index is 11.3. The predicted molar refractivity (Wildman–Crippen MR) is 95.3 cm³/mol. The first-order chi connectivity index (χ1) is 10.5. The highest BCUT2D eigenvalue weighted by molar-refractivity contribution is 8.23. The molecule has 0 N–H and O–H groups in total. The van der Waals surface area contributed by atoms with Crippen LogP contribution in [0.1, 0.15) is 13.8 Å². The number of thiocarbonyl (C=S) groups is 2. The molecule has 0 atom stereocenters. The summed E-state index contributed by atoms with van der Waals surface area (Å²) in [5.74, 6) is -0.777. The normalized spacial score (nSPS) is 9.73. The van der Waals surface area contributed by atoms with Crippen LogP contribution in [-0.2, 0) is 28.5 Å². The molecule has 0 amide bonds. The van der Waals surface area contributed by atoms with E-state index in [9.17, 15) is 9.59 Å². The summed E-state index contributed by atoms with van der Waals surface area (Å²) in [7, 11) is 0. The number of hydrogen-bond acceptors (Lipinski definition) is 10. The molecule has 0 aromatic rings. The van der Waals surface area contributed by atoms with Crippen molar-refractivity contribution in [3.63, 3.8) is 0 Å². The van der Waals surface area contributed by atoms with E-state index in [-0.39, 0.29) is 24.7 Å². The third kappa shape index (κ3) is 13.1. The minimum atomic E-state index is -0.449. The van der Waals surface area contributed by atoms with Gasteiger partial charge in [-0.2, -0.15) is 0 Å². The minimum Gasteiger partial charge on any atom is -0.479 e. The monoisotopic (exact) mass is 386 g/mol. The largest absolute Gasteiger partial charge is 0.479 e. The van der Waals surface area contributed by atoms with Crippen molar-refractivity contribution < 1.29 is 28.5 Å². The molecule has 0 aliphatic carbocycles. The smallest absolute Gasteiger partial charge is 0.316 e. The highest BCUT2D eigenvalue weighted by Crippen LogP contribution is 2.07. The zero-order valence-electron chi connectivity index (χ0n) is 12.3. The molecule has 0 saturated heterocycles. The van der Waals surface area contributed by atoms with Gasteiger partial charge in [-0.1, -0.05) is 23.5 Å². The Morgan fingerprint density at radius 3 is 1.45 bits per heavy atom. The minimum absolute atomic E-state index is 0.00684. The summed E-state index contributed by atoms with van der Waals surface area (Å²) in [6.07, 6.45) is 0. The Kier molecular flexibility index (Phi) is 13.7. The summed E-state index contributed by atoms with van der Waals surface area (Å²) in [6, 6.07) is 0. The van der Waals surface area contributed by atoms with E-state index in [0.29, 0.717) is 22.0 Å².